The van der Waals surface area contributed by atoms with Gasteiger partial charge in [0, 0.05) is 38.1 Å². The van der Waals surface area contributed by atoms with E-state index in [4.69, 9.17) is 9.57 Å². The van der Waals surface area contributed by atoms with Crippen LogP contribution in [0, 0.1) is 0 Å². The number of carbonyl (C=O) groups is 1. The zero-order valence-corrected chi connectivity index (χ0v) is 26.9. The molecule has 45 heavy (non-hydrogen) atoms. The molecule has 1 fully saturated rings. The monoisotopic (exact) mass is 642 g/mol. The highest BCUT2D eigenvalue weighted by molar-refractivity contribution is 7.92. The van der Waals surface area contributed by atoms with Crippen LogP contribution in [0.4, 0.5) is 0 Å². The first-order valence-electron chi connectivity index (χ1n) is 16.0. The van der Waals surface area contributed by atoms with Gasteiger partial charge in [0.1, 0.15) is 11.3 Å². The largest absolute Gasteiger partial charge is 0.506 e. The van der Waals surface area contributed by atoms with Crippen molar-refractivity contribution in [3.05, 3.63) is 70.0 Å². The normalized spacial score (nSPS) is 14.6. The summed E-state index contributed by atoms with van der Waals surface area (Å²) in [6.45, 7) is 3.60. The van der Waals surface area contributed by atoms with Gasteiger partial charge in [0.2, 0.25) is 0 Å². The molecule has 1 aliphatic rings. The number of phenolic OH excluding ortho intramolecular Hbond substituents is 1. The molecule has 1 atom stereocenters. The van der Waals surface area contributed by atoms with E-state index in [9.17, 15) is 28.2 Å². The lowest BCUT2D eigenvalue weighted by molar-refractivity contribution is -0.141. The number of pyridine rings is 1. The number of aromatic hydroxyl groups is 1. The van der Waals surface area contributed by atoms with E-state index in [0.717, 1.165) is 94.4 Å². The van der Waals surface area contributed by atoms with E-state index in [-0.39, 0.29) is 23.1 Å². The van der Waals surface area contributed by atoms with Crippen LogP contribution in [0.1, 0.15) is 88.4 Å². The molecule has 10 nitrogen and oxygen atoms in total. The quantitative estimate of drug-likeness (QED) is 0.169. The molecule has 0 amide bonds. The Kier molecular flexibility index (Phi) is 13.0. The molecule has 4 rings (SSSR count). The van der Waals surface area contributed by atoms with E-state index in [2.05, 4.69) is 5.32 Å². The third-order valence-corrected chi connectivity index (χ3v) is 10.6. The standard InChI is InChI=1S/C34H46N2O8S/c1-25(37)44-36-33(40)19-17-30-29(16-18-31(38)34(30)36)32(39)24-35-20-7-2-3-8-21-43-22-9-6-11-26-12-10-15-28(23-26)45(41,42)27-13-4-5-14-27/h10,12,15-19,23,27,32,35,38-39H,2-9,11,13-14,20-22,24H2,1H3/t32-/m0/s1. The van der Waals surface area contributed by atoms with E-state index in [1.165, 1.54) is 18.2 Å². The lowest BCUT2D eigenvalue weighted by Crippen LogP contribution is -2.29. The minimum atomic E-state index is -3.22. The van der Waals surface area contributed by atoms with Gasteiger partial charge in [0.05, 0.1) is 16.2 Å². The molecule has 246 valence electrons. The lowest BCUT2D eigenvalue weighted by Gasteiger charge is -2.17. The number of aliphatic hydroxyl groups excluding tert-OH is 1. The number of fused-ring (bicyclic) bond motifs is 1. The van der Waals surface area contributed by atoms with E-state index in [1.807, 2.05) is 18.2 Å². The maximum Gasteiger partial charge on any atom is 0.330 e. The number of unbranched alkanes of at least 4 members (excludes halogenated alkanes) is 4. The molecule has 0 radical (unpaired) electrons. The first-order valence-corrected chi connectivity index (χ1v) is 17.6. The van der Waals surface area contributed by atoms with Gasteiger partial charge >= 0.3 is 5.97 Å². The highest BCUT2D eigenvalue weighted by Gasteiger charge is 2.30. The van der Waals surface area contributed by atoms with Gasteiger partial charge in [-0.1, -0.05) is 43.9 Å². The van der Waals surface area contributed by atoms with Crippen LogP contribution in [0.3, 0.4) is 0 Å². The summed E-state index contributed by atoms with van der Waals surface area (Å²) in [4.78, 5) is 29.1. The van der Waals surface area contributed by atoms with E-state index < -0.39 is 27.5 Å². The number of phenols is 1. The van der Waals surface area contributed by atoms with Crippen LogP contribution in [0.25, 0.3) is 10.9 Å². The highest BCUT2D eigenvalue weighted by Crippen LogP contribution is 2.31. The van der Waals surface area contributed by atoms with Crippen LogP contribution in [0.2, 0.25) is 0 Å². The Hall–Kier alpha value is -3.25. The Morgan fingerprint density at radius 3 is 2.49 bits per heavy atom. The number of carbonyl (C=O) groups excluding carboxylic acids is 1. The number of aryl methyl sites for hydroxylation is 1. The second-order valence-corrected chi connectivity index (χ2v) is 14.0. The van der Waals surface area contributed by atoms with Crippen molar-refractivity contribution in [2.45, 2.75) is 93.8 Å². The maximum atomic E-state index is 12.9. The molecule has 11 heteroatoms. The van der Waals surface area contributed by atoms with E-state index >= 15 is 0 Å². The Morgan fingerprint density at radius 1 is 1.00 bits per heavy atom. The molecule has 2 aromatic carbocycles. The molecule has 1 aromatic heterocycles. The van der Waals surface area contributed by atoms with Crippen molar-refractivity contribution < 1.29 is 33.0 Å². The molecule has 0 aliphatic heterocycles. The topological polar surface area (TPSA) is 144 Å². The predicted molar refractivity (Wildman–Crippen MR) is 173 cm³/mol. The maximum absolute atomic E-state index is 12.9. The van der Waals surface area contributed by atoms with Crippen LogP contribution >= 0.6 is 0 Å². The number of nitrogens with zero attached hydrogens (tertiary/aromatic N) is 1. The van der Waals surface area contributed by atoms with Crippen molar-refractivity contribution in [3.63, 3.8) is 0 Å². The fourth-order valence-electron chi connectivity index (χ4n) is 5.90. The fraction of sp³-hybridized carbons (Fsp3) is 0.529. The third-order valence-electron chi connectivity index (χ3n) is 8.31. The Morgan fingerprint density at radius 2 is 1.73 bits per heavy atom. The molecular weight excluding hydrogens is 596 g/mol. The summed E-state index contributed by atoms with van der Waals surface area (Å²) in [5.74, 6) is -0.932. The third kappa shape index (κ3) is 9.62. The summed E-state index contributed by atoms with van der Waals surface area (Å²) >= 11 is 0. The smallest absolute Gasteiger partial charge is 0.330 e. The molecule has 1 heterocycles. The zero-order chi connectivity index (χ0) is 32.2. The van der Waals surface area contributed by atoms with Gasteiger partial charge < -0.3 is 25.1 Å². The van der Waals surface area contributed by atoms with Gasteiger partial charge in [-0.05, 0) is 86.9 Å². The number of hydrogen-bond acceptors (Lipinski definition) is 9. The Labute approximate surface area is 265 Å². The number of aliphatic hydroxyl groups is 1. The van der Waals surface area contributed by atoms with Gasteiger partial charge in [-0.15, -0.1) is 4.73 Å². The molecule has 3 N–H and O–H groups in total. The van der Waals surface area contributed by atoms with Crippen LogP contribution in [-0.2, 0) is 25.8 Å². The summed E-state index contributed by atoms with van der Waals surface area (Å²) in [7, 11) is -3.22. The Balaban J connectivity index is 1.06. The fourth-order valence-corrected chi connectivity index (χ4v) is 7.83. The van der Waals surface area contributed by atoms with Crippen molar-refractivity contribution >= 4 is 26.7 Å². The number of aromatic nitrogens is 1. The van der Waals surface area contributed by atoms with Crippen LogP contribution in [-0.4, -0.2) is 60.9 Å². The lowest BCUT2D eigenvalue weighted by atomic mass is 10.0. The van der Waals surface area contributed by atoms with Gasteiger partial charge in [0.25, 0.3) is 5.56 Å². The highest BCUT2D eigenvalue weighted by atomic mass is 32.2. The van der Waals surface area contributed by atoms with Crippen LogP contribution in [0.5, 0.6) is 5.75 Å². The predicted octanol–water partition coefficient (Wildman–Crippen LogP) is 4.62. The number of nitrogens with one attached hydrogen (secondary N) is 1. The summed E-state index contributed by atoms with van der Waals surface area (Å²) < 4.78 is 32.3. The van der Waals surface area contributed by atoms with Crippen LogP contribution in [0.15, 0.2) is 58.2 Å². The summed E-state index contributed by atoms with van der Waals surface area (Å²) in [5.41, 5.74) is 1.01. The first-order chi connectivity index (χ1) is 21.7. The molecular formula is C34H46N2O8S. The molecule has 1 saturated carbocycles. The Bertz CT molecular complexity index is 1580. The number of ether oxygens (including phenoxy) is 1. The SMILES string of the molecule is CC(=O)On1c(=O)ccc2c([C@@H](O)CNCCCCCCOCCCCc3cccc(S(=O)(=O)C4CCCC4)c3)ccc(O)c21. The molecule has 0 saturated heterocycles. The van der Waals surface area contributed by atoms with Crippen molar-refractivity contribution in [1.29, 1.82) is 0 Å². The second-order valence-electron chi connectivity index (χ2n) is 11.8. The number of benzene rings is 2. The number of hydrogen-bond donors (Lipinski definition) is 3. The number of rotatable bonds is 18. The van der Waals surface area contributed by atoms with Gasteiger partial charge in [-0.2, -0.15) is 0 Å². The van der Waals surface area contributed by atoms with E-state index in [1.54, 1.807) is 12.1 Å². The minimum absolute atomic E-state index is 0.0358. The van der Waals surface area contributed by atoms with Crippen LogP contribution < -0.4 is 15.7 Å². The minimum Gasteiger partial charge on any atom is -0.506 e. The van der Waals surface area contributed by atoms with Gasteiger partial charge in [0.15, 0.2) is 9.84 Å². The first kappa shape index (κ1) is 34.6. The van der Waals surface area contributed by atoms with Crippen molar-refractivity contribution in [2.24, 2.45) is 0 Å². The molecule has 3 aromatic rings. The molecule has 0 spiro atoms. The van der Waals surface area contributed by atoms with E-state index in [0.29, 0.717) is 29.1 Å². The number of sulfone groups is 1. The zero-order valence-electron chi connectivity index (χ0n) is 26.1. The molecule has 1 aliphatic carbocycles. The second kappa shape index (κ2) is 16.9. The molecule has 0 bridgehead atoms. The average molecular weight is 643 g/mol. The van der Waals surface area contributed by atoms with Crippen molar-refractivity contribution in [2.75, 3.05) is 26.3 Å². The molecule has 0 unspecified atom stereocenters. The van der Waals surface area contributed by atoms with Crippen molar-refractivity contribution in [1.82, 2.24) is 10.0 Å². The van der Waals surface area contributed by atoms with Crippen molar-refractivity contribution in [3.8, 4) is 5.75 Å². The summed E-state index contributed by atoms with van der Waals surface area (Å²) in [5, 5.41) is 24.6. The average Bonchev–Trinajstić information content (AvgIpc) is 3.57. The summed E-state index contributed by atoms with van der Waals surface area (Å²) in [6, 6.07) is 13.1. The summed E-state index contributed by atoms with van der Waals surface area (Å²) in [6.07, 6.45) is 9.41. The van der Waals surface area contributed by atoms with Gasteiger partial charge in [-0.3, -0.25) is 4.79 Å². The van der Waals surface area contributed by atoms with Gasteiger partial charge in [-0.25, -0.2) is 13.2 Å².